The van der Waals surface area contributed by atoms with Crippen molar-refractivity contribution in [3.8, 4) is 0 Å². The van der Waals surface area contributed by atoms with Gasteiger partial charge in [-0.25, -0.2) is 4.39 Å². The average Bonchev–Trinajstić information content (AvgIpc) is 2.28. The highest BCUT2D eigenvalue weighted by Crippen LogP contribution is 2.09. The topological polar surface area (TPSA) is 55.1 Å². The zero-order valence-electron chi connectivity index (χ0n) is 8.91. The van der Waals surface area contributed by atoms with Crippen molar-refractivity contribution in [2.24, 2.45) is 5.73 Å². The summed E-state index contributed by atoms with van der Waals surface area (Å²) in [6.07, 6.45) is 0.446. The molecule has 1 amide bonds. The van der Waals surface area contributed by atoms with Crippen molar-refractivity contribution in [1.29, 1.82) is 0 Å². The molecule has 1 aromatic rings. The first kappa shape index (κ1) is 13.0. The number of rotatable bonds is 6. The van der Waals surface area contributed by atoms with Crippen molar-refractivity contribution in [3.05, 3.63) is 30.1 Å². The molecule has 0 heterocycles. The standard InChI is InChI=1S/C11H15FN2OS/c12-9-1-3-10(4-2-9)14-11(15)5-7-16-8-6-13/h1-4H,5-8,13H2,(H,14,15). The number of halogens is 1. The van der Waals surface area contributed by atoms with E-state index < -0.39 is 0 Å². The van der Waals surface area contributed by atoms with E-state index in [2.05, 4.69) is 5.32 Å². The van der Waals surface area contributed by atoms with Gasteiger partial charge in [-0.05, 0) is 24.3 Å². The van der Waals surface area contributed by atoms with E-state index in [0.717, 1.165) is 11.5 Å². The normalized spacial score (nSPS) is 10.1. The van der Waals surface area contributed by atoms with Gasteiger partial charge in [0.15, 0.2) is 0 Å². The summed E-state index contributed by atoms with van der Waals surface area (Å²) in [6, 6.07) is 5.72. The molecule has 16 heavy (non-hydrogen) atoms. The summed E-state index contributed by atoms with van der Waals surface area (Å²) in [7, 11) is 0. The van der Waals surface area contributed by atoms with Crippen LogP contribution in [0.4, 0.5) is 10.1 Å². The molecular formula is C11H15FN2OS. The Kier molecular flexibility index (Phi) is 5.88. The summed E-state index contributed by atoms with van der Waals surface area (Å²) in [5.41, 5.74) is 5.95. The molecule has 0 fully saturated rings. The number of nitrogens with one attached hydrogen (secondary N) is 1. The molecule has 0 aliphatic heterocycles. The number of nitrogens with two attached hydrogens (primary N) is 1. The largest absolute Gasteiger partial charge is 0.330 e. The predicted molar refractivity (Wildman–Crippen MR) is 66.0 cm³/mol. The van der Waals surface area contributed by atoms with Crippen molar-refractivity contribution >= 4 is 23.4 Å². The Morgan fingerprint density at radius 2 is 2.00 bits per heavy atom. The van der Waals surface area contributed by atoms with E-state index in [1.54, 1.807) is 23.9 Å². The van der Waals surface area contributed by atoms with Crippen LogP contribution < -0.4 is 11.1 Å². The zero-order chi connectivity index (χ0) is 11.8. The van der Waals surface area contributed by atoms with Crippen molar-refractivity contribution in [2.45, 2.75) is 6.42 Å². The highest BCUT2D eigenvalue weighted by atomic mass is 32.2. The molecule has 88 valence electrons. The van der Waals surface area contributed by atoms with E-state index in [0.29, 0.717) is 18.7 Å². The molecule has 0 unspecified atom stereocenters. The number of benzene rings is 1. The monoisotopic (exact) mass is 242 g/mol. The van der Waals surface area contributed by atoms with Gasteiger partial charge in [0, 0.05) is 30.2 Å². The molecule has 0 aliphatic carbocycles. The average molecular weight is 242 g/mol. The molecular weight excluding hydrogens is 227 g/mol. The van der Waals surface area contributed by atoms with Crippen LogP contribution >= 0.6 is 11.8 Å². The maximum atomic E-state index is 12.6. The number of amides is 1. The fourth-order valence-corrected chi connectivity index (χ4v) is 1.81. The minimum Gasteiger partial charge on any atom is -0.330 e. The number of carbonyl (C=O) groups is 1. The summed E-state index contributed by atoms with van der Waals surface area (Å²) in [5, 5.41) is 2.70. The van der Waals surface area contributed by atoms with Gasteiger partial charge in [0.05, 0.1) is 0 Å². The van der Waals surface area contributed by atoms with Crippen LogP contribution in [0.15, 0.2) is 24.3 Å². The predicted octanol–water partition coefficient (Wildman–Crippen LogP) is 1.85. The van der Waals surface area contributed by atoms with Crippen molar-refractivity contribution in [3.63, 3.8) is 0 Å². The molecule has 0 aromatic heterocycles. The van der Waals surface area contributed by atoms with Crippen LogP contribution in [0.3, 0.4) is 0 Å². The maximum Gasteiger partial charge on any atom is 0.225 e. The summed E-state index contributed by atoms with van der Waals surface area (Å²) in [6.45, 7) is 0.629. The third kappa shape index (κ3) is 5.14. The summed E-state index contributed by atoms with van der Waals surface area (Å²) in [4.78, 5) is 11.4. The molecule has 0 aliphatic rings. The number of hydrogen-bond acceptors (Lipinski definition) is 3. The first-order valence-corrected chi connectivity index (χ1v) is 6.21. The Balaban J connectivity index is 2.26. The third-order valence-electron chi connectivity index (χ3n) is 1.86. The van der Waals surface area contributed by atoms with Crippen LogP contribution in [0.1, 0.15) is 6.42 Å². The fraction of sp³-hybridized carbons (Fsp3) is 0.364. The Morgan fingerprint density at radius 1 is 1.31 bits per heavy atom. The SMILES string of the molecule is NCCSCCC(=O)Nc1ccc(F)cc1. The van der Waals surface area contributed by atoms with Gasteiger partial charge in [0.1, 0.15) is 5.82 Å². The molecule has 0 atom stereocenters. The van der Waals surface area contributed by atoms with Crippen LogP contribution in [0.2, 0.25) is 0 Å². The molecule has 5 heteroatoms. The lowest BCUT2D eigenvalue weighted by atomic mass is 10.3. The molecule has 0 saturated carbocycles. The zero-order valence-corrected chi connectivity index (χ0v) is 9.73. The number of anilines is 1. The quantitative estimate of drug-likeness (QED) is 0.748. The first-order valence-electron chi connectivity index (χ1n) is 5.05. The molecule has 1 rings (SSSR count). The molecule has 3 nitrogen and oxygen atoms in total. The number of carbonyl (C=O) groups excluding carboxylic acids is 1. The molecule has 1 aromatic carbocycles. The van der Waals surface area contributed by atoms with E-state index >= 15 is 0 Å². The highest BCUT2D eigenvalue weighted by Gasteiger charge is 2.02. The Hall–Kier alpha value is -1.07. The van der Waals surface area contributed by atoms with Gasteiger partial charge < -0.3 is 11.1 Å². The Labute approximate surface area is 98.6 Å². The molecule has 0 saturated heterocycles. The number of thioether (sulfide) groups is 1. The first-order chi connectivity index (χ1) is 7.72. The minimum atomic E-state index is -0.309. The van der Waals surface area contributed by atoms with Crippen LogP contribution in [-0.4, -0.2) is 24.0 Å². The van der Waals surface area contributed by atoms with E-state index in [1.165, 1.54) is 12.1 Å². The fourth-order valence-electron chi connectivity index (χ4n) is 1.11. The van der Waals surface area contributed by atoms with Crippen molar-refractivity contribution < 1.29 is 9.18 Å². The minimum absolute atomic E-state index is 0.0591. The van der Waals surface area contributed by atoms with Gasteiger partial charge in [-0.1, -0.05) is 0 Å². The van der Waals surface area contributed by atoms with Gasteiger partial charge in [-0.3, -0.25) is 4.79 Å². The van der Waals surface area contributed by atoms with Crippen molar-refractivity contribution in [1.82, 2.24) is 0 Å². The van der Waals surface area contributed by atoms with Crippen LogP contribution in [0, 0.1) is 5.82 Å². The Morgan fingerprint density at radius 3 is 2.62 bits per heavy atom. The summed E-state index contributed by atoms with van der Waals surface area (Å²) >= 11 is 1.65. The van der Waals surface area contributed by atoms with Crippen LogP contribution in [0.5, 0.6) is 0 Å². The van der Waals surface area contributed by atoms with E-state index in [4.69, 9.17) is 5.73 Å². The lowest BCUT2D eigenvalue weighted by Crippen LogP contribution is -2.12. The van der Waals surface area contributed by atoms with E-state index in [-0.39, 0.29) is 11.7 Å². The molecule has 0 radical (unpaired) electrons. The smallest absolute Gasteiger partial charge is 0.225 e. The van der Waals surface area contributed by atoms with Crippen molar-refractivity contribution in [2.75, 3.05) is 23.4 Å². The van der Waals surface area contributed by atoms with Gasteiger partial charge >= 0.3 is 0 Å². The summed E-state index contributed by atoms with van der Waals surface area (Å²) in [5.74, 6) is 1.25. The number of hydrogen-bond donors (Lipinski definition) is 2. The van der Waals surface area contributed by atoms with Gasteiger partial charge in [0.25, 0.3) is 0 Å². The molecule has 3 N–H and O–H groups in total. The second-order valence-corrected chi connectivity index (χ2v) is 4.43. The molecule has 0 bridgehead atoms. The molecule has 0 spiro atoms. The van der Waals surface area contributed by atoms with Crippen LogP contribution in [0.25, 0.3) is 0 Å². The second-order valence-electron chi connectivity index (χ2n) is 3.21. The van der Waals surface area contributed by atoms with Gasteiger partial charge in [0.2, 0.25) is 5.91 Å². The van der Waals surface area contributed by atoms with Gasteiger partial charge in [-0.15, -0.1) is 0 Å². The maximum absolute atomic E-state index is 12.6. The van der Waals surface area contributed by atoms with Gasteiger partial charge in [-0.2, -0.15) is 11.8 Å². The third-order valence-corrected chi connectivity index (χ3v) is 2.88. The van der Waals surface area contributed by atoms with E-state index in [1.807, 2.05) is 0 Å². The Bertz CT molecular complexity index is 329. The highest BCUT2D eigenvalue weighted by molar-refractivity contribution is 7.99. The lowest BCUT2D eigenvalue weighted by molar-refractivity contribution is -0.115. The van der Waals surface area contributed by atoms with E-state index in [9.17, 15) is 9.18 Å². The second kappa shape index (κ2) is 7.24. The van der Waals surface area contributed by atoms with Crippen LogP contribution in [-0.2, 0) is 4.79 Å². The lowest BCUT2D eigenvalue weighted by Gasteiger charge is -2.04. The summed E-state index contributed by atoms with van der Waals surface area (Å²) < 4.78 is 12.6.